The van der Waals surface area contributed by atoms with Gasteiger partial charge in [-0.1, -0.05) is 36.4 Å². The van der Waals surface area contributed by atoms with Gasteiger partial charge in [0.15, 0.2) is 0 Å². The Morgan fingerprint density at radius 2 is 1.48 bits per heavy atom. The fourth-order valence-corrected chi connectivity index (χ4v) is 5.95. The molecule has 1 heterocycles. The van der Waals surface area contributed by atoms with Gasteiger partial charge in [0.2, 0.25) is 0 Å². The van der Waals surface area contributed by atoms with Crippen molar-refractivity contribution < 1.29 is 8.98 Å². The molecule has 2 unspecified atom stereocenters. The summed E-state index contributed by atoms with van der Waals surface area (Å²) < 4.78 is 13.2. The van der Waals surface area contributed by atoms with Crippen LogP contribution < -0.4 is 10.6 Å². The monoisotopic (exact) mass is 299 g/mol. The van der Waals surface area contributed by atoms with E-state index in [0.717, 1.165) is 0 Å². The van der Waals surface area contributed by atoms with Gasteiger partial charge in [0, 0.05) is 6.42 Å². The Morgan fingerprint density at radius 1 is 1.00 bits per heavy atom. The highest BCUT2D eigenvalue weighted by Crippen LogP contribution is 2.57. The Hall–Kier alpha value is -1.67. The zero-order valence-corrected chi connectivity index (χ0v) is 12.8. The summed E-state index contributed by atoms with van der Waals surface area (Å²) in [5.41, 5.74) is 0. The zero-order chi connectivity index (χ0) is 14.9. The molecule has 0 N–H and O–H groups in total. The summed E-state index contributed by atoms with van der Waals surface area (Å²) in [6.07, 6.45) is 4.06. The number of quaternary nitrogens is 1. The summed E-state index contributed by atoms with van der Waals surface area (Å²) in [5, 5.41) is 14.7. The Labute approximate surface area is 125 Å². The van der Waals surface area contributed by atoms with Crippen molar-refractivity contribution in [1.29, 1.82) is 0 Å². The minimum absolute atomic E-state index is 0.240. The Balaban J connectivity index is 2.27. The lowest BCUT2D eigenvalue weighted by Gasteiger charge is -2.46. The molecule has 1 aliphatic rings. The molecule has 0 fully saturated rings. The zero-order valence-electron chi connectivity index (χ0n) is 11.9. The lowest BCUT2D eigenvalue weighted by molar-refractivity contribution is -0.720. The van der Waals surface area contributed by atoms with E-state index in [9.17, 15) is 9.77 Å². The van der Waals surface area contributed by atoms with Crippen LogP contribution in [-0.2, 0) is 4.57 Å². The molecular weight excluding hydrogens is 281 g/mol. The van der Waals surface area contributed by atoms with Crippen molar-refractivity contribution in [3.05, 3.63) is 78.1 Å². The summed E-state index contributed by atoms with van der Waals surface area (Å²) >= 11 is 0. The van der Waals surface area contributed by atoms with Gasteiger partial charge in [-0.15, -0.1) is 0 Å². The van der Waals surface area contributed by atoms with E-state index >= 15 is 0 Å². The van der Waals surface area contributed by atoms with Crippen LogP contribution in [0.25, 0.3) is 0 Å². The molecule has 0 bridgehead atoms. The van der Waals surface area contributed by atoms with E-state index < -0.39 is 11.7 Å². The molecule has 1 aliphatic heterocycles. The van der Waals surface area contributed by atoms with E-state index in [1.807, 2.05) is 49.4 Å². The molecule has 0 radical (unpaired) electrons. The molecule has 0 saturated heterocycles. The second kappa shape index (κ2) is 5.27. The van der Waals surface area contributed by atoms with Gasteiger partial charge in [0.05, 0.1) is 22.9 Å². The fourth-order valence-electron chi connectivity index (χ4n) is 2.85. The third-order valence-corrected chi connectivity index (χ3v) is 7.48. The van der Waals surface area contributed by atoms with Crippen LogP contribution >= 0.6 is 7.29 Å². The fraction of sp³-hybridized carbons (Fsp3) is 0.176. The van der Waals surface area contributed by atoms with E-state index in [1.165, 1.54) is 0 Å². The minimum atomic E-state index is -3.34. The van der Waals surface area contributed by atoms with Crippen molar-refractivity contribution in [3.8, 4) is 0 Å². The van der Waals surface area contributed by atoms with Crippen LogP contribution in [0.4, 0.5) is 0 Å². The van der Waals surface area contributed by atoms with Crippen LogP contribution in [0.5, 0.6) is 0 Å². The van der Waals surface area contributed by atoms with E-state index in [0.29, 0.717) is 17.0 Å². The van der Waals surface area contributed by atoms with Crippen molar-refractivity contribution in [1.82, 2.24) is 0 Å². The molecular formula is C17H18NO2P. The summed E-state index contributed by atoms with van der Waals surface area (Å²) in [6.45, 7) is 1.87. The number of hydrogen-bond donors (Lipinski definition) is 0. The van der Waals surface area contributed by atoms with Gasteiger partial charge in [0.1, 0.15) is 0 Å². The normalized spacial score (nSPS) is 25.1. The van der Waals surface area contributed by atoms with Gasteiger partial charge in [-0.25, -0.2) is 4.57 Å². The lowest BCUT2D eigenvalue weighted by Crippen LogP contribution is -2.44. The highest BCUT2D eigenvalue weighted by molar-refractivity contribution is 7.73. The smallest absolute Gasteiger partial charge is 0.311 e. The molecule has 108 valence electrons. The lowest BCUT2D eigenvalue weighted by atomic mass is 10.3. The molecule has 3 rings (SSSR count). The highest BCUT2D eigenvalue weighted by atomic mass is 31.2. The van der Waals surface area contributed by atoms with E-state index in [2.05, 4.69) is 0 Å². The third-order valence-electron chi connectivity index (χ3n) is 4.08. The maximum absolute atomic E-state index is 14.0. The SMILES string of the molecule is CC1CC=C[N+]1([O-])P(=O)(c1ccccc1)c1ccccc1. The third kappa shape index (κ3) is 2.09. The van der Waals surface area contributed by atoms with Crippen LogP contribution in [0.1, 0.15) is 13.3 Å². The van der Waals surface area contributed by atoms with Crippen molar-refractivity contribution in [2.24, 2.45) is 0 Å². The number of benzene rings is 2. The van der Waals surface area contributed by atoms with Crippen molar-refractivity contribution in [3.63, 3.8) is 0 Å². The predicted molar refractivity (Wildman–Crippen MR) is 86.6 cm³/mol. The largest absolute Gasteiger partial charge is 0.624 e. The van der Waals surface area contributed by atoms with Gasteiger partial charge in [0.25, 0.3) is 0 Å². The van der Waals surface area contributed by atoms with Gasteiger partial charge < -0.3 is 5.21 Å². The van der Waals surface area contributed by atoms with E-state index in [4.69, 9.17) is 0 Å². The Kier molecular flexibility index (Phi) is 3.58. The highest BCUT2D eigenvalue weighted by Gasteiger charge is 2.47. The quantitative estimate of drug-likeness (QED) is 0.642. The molecule has 2 aromatic carbocycles. The topological polar surface area (TPSA) is 40.1 Å². The summed E-state index contributed by atoms with van der Waals surface area (Å²) in [6, 6.07) is 18.0. The molecule has 0 spiro atoms. The van der Waals surface area contributed by atoms with Crippen LogP contribution in [0, 0.1) is 5.21 Å². The van der Waals surface area contributed by atoms with E-state index in [1.54, 1.807) is 30.5 Å². The van der Waals surface area contributed by atoms with Gasteiger partial charge >= 0.3 is 7.29 Å². The number of hydrogen-bond acceptors (Lipinski definition) is 2. The van der Waals surface area contributed by atoms with Crippen molar-refractivity contribution >= 4 is 17.9 Å². The molecule has 0 amide bonds. The maximum atomic E-state index is 14.0. The first-order valence-electron chi connectivity index (χ1n) is 7.08. The van der Waals surface area contributed by atoms with Crippen LogP contribution in [0.15, 0.2) is 72.9 Å². The van der Waals surface area contributed by atoms with Crippen LogP contribution in [0.3, 0.4) is 0 Å². The number of rotatable bonds is 3. The first-order valence-corrected chi connectivity index (χ1v) is 8.74. The Morgan fingerprint density at radius 3 is 1.86 bits per heavy atom. The molecule has 0 aliphatic carbocycles. The number of hydroxylamine groups is 2. The van der Waals surface area contributed by atoms with E-state index in [-0.39, 0.29) is 6.04 Å². The maximum Gasteiger partial charge on any atom is 0.311 e. The van der Waals surface area contributed by atoms with Gasteiger partial charge in [-0.05, 0) is 37.3 Å². The second-order valence-electron chi connectivity index (χ2n) is 5.39. The summed E-state index contributed by atoms with van der Waals surface area (Å²) in [4.78, 5) is 0. The second-order valence-corrected chi connectivity index (χ2v) is 8.20. The van der Waals surface area contributed by atoms with Crippen molar-refractivity contribution in [2.75, 3.05) is 0 Å². The molecule has 2 aromatic rings. The number of nitrogens with zero attached hydrogens (tertiary/aromatic N) is 1. The van der Waals surface area contributed by atoms with Crippen LogP contribution in [-0.4, -0.2) is 10.5 Å². The molecule has 4 heteroatoms. The van der Waals surface area contributed by atoms with Gasteiger partial charge in [-0.3, -0.25) is 4.42 Å². The molecule has 2 atom stereocenters. The molecule has 0 aromatic heterocycles. The molecule has 3 nitrogen and oxygen atoms in total. The Bertz CT molecular complexity index is 656. The van der Waals surface area contributed by atoms with Gasteiger partial charge in [-0.2, -0.15) is 0 Å². The first kappa shape index (κ1) is 14.3. The molecule has 21 heavy (non-hydrogen) atoms. The average Bonchev–Trinajstić information content (AvgIpc) is 2.89. The first-order chi connectivity index (χ1) is 10.1. The molecule has 0 saturated carbocycles. The summed E-state index contributed by atoms with van der Waals surface area (Å²) in [5.74, 6) is 0. The van der Waals surface area contributed by atoms with Crippen LogP contribution in [0.2, 0.25) is 0 Å². The average molecular weight is 299 g/mol. The standard InChI is InChI=1S/C17H18NO2P/c1-15-9-8-14-18(15,19)21(20,16-10-4-2-5-11-16)17-12-6-3-7-13-17/h2-8,10-15H,9H2,1H3. The van der Waals surface area contributed by atoms with Crippen molar-refractivity contribution in [2.45, 2.75) is 19.4 Å². The predicted octanol–water partition coefficient (Wildman–Crippen LogP) is 3.54. The minimum Gasteiger partial charge on any atom is -0.624 e. The summed E-state index contributed by atoms with van der Waals surface area (Å²) in [7, 11) is -3.34.